The van der Waals surface area contributed by atoms with Crippen molar-refractivity contribution in [2.24, 2.45) is 0 Å². The van der Waals surface area contributed by atoms with Gasteiger partial charge < -0.3 is 29.4 Å². The maximum absolute atomic E-state index is 12.2. The number of carbonyl (C=O) groups is 1. The molecule has 2 aliphatic rings. The highest BCUT2D eigenvalue weighted by Crippen LogP contribution is 2.37. The van der Waals surface area contributed by atoms with E-state index in [0.29, 0.717) is 30.5 Å². The highest BCUT2D eigenvalue weighted by atomic mass is 16.7. The van der Waals surface area contributed by atoms with Crippen molar-refractivity contribution < 1.29 is 19.4 Å². The van der Waals surface area contributed by atoms with Crippen LogP contribution in [0.25, 0.3) is 11.3 Å². The maximum Gasteiger partial charge on any atom is 0.511 e. The van der Waals surface area contributed by atoms with E-state index in [1.165, 1.54) is 6.07 Å². The molecule has 1 aromatic heterocycles. The monoisotopic (exact) mass is 385 g/mol. The fourth-order valence-electron chi connectivity index (χ4n) is 3.86. The third kappa shape index (κ3) is 3.43. The molecule has 0 saturated carbocycles. The summed E-state index contributed by atoms with van der Waals surface area (Å²) in [7, 11) is 4.20. The van der Waals surface area contributed by atoms with E-state index in [1.54, 1.807) is 0 Å². The van der Waals surface area contributed by atoms with Crippen molar-refractivity contribution in [2.75, 3.05) is 38.7 Å². The molecule has 28 heavy (non-hydrogen) atoms. The van der Waals surface area contributed by atoms with E-state index in [0.717, 1.165) is 36.3 Å². The number of carboxylic acid groups (broad SMARTS) is 1. The predicted octanol–water partition coefficient (Wildman–Crippen LogP) is 2.17. The molecule has 0 bridgehead atoms. The Kier molecular flexibility index (Phi) is 4.72. The van der Waals surface area contributed by atoms with Crippen LogP contribution in [0.2, 0.25) is 0 Å². The summed E-state index contributed by atoms with van der Waals surface area (Å²) in [6.45, 7) is 2.39. The molecule has 2 N–H and O–H groups in total. The van der Waals surface area contributed by atoms with Crippen LogP contribution >= 0.6 is 0 Å². The van der Waals surface area contributed by atoms with Crippen LogP contribution in [0.1, 0.15) is 12.0 Å². The van der Waals surface area contributed by atoms with E-state index in [4.69, 9.17) is 9.84 Å². The van der Waals surface area contributed by atoms with Crippen LogP contribution in [0.15, 0.2) is 29.1 Å². The van der Waals surface area contributed by atoms with Gasteiger partial charge in [0.2, 0.25) is 0 Å². The number of anilines is 1. The minimum Gasteiger partial charge on any atom is -0.492 e. The second-order valence-electron chi connectivity index (χ2n) is 7.36. The SMILES string of the molecule is CN(C)C1CCN(c2ccc3c(c2)OCCc2cc(OC(=O)O)c(=O)[nH]c2-3)C1. The molecular formula is C20H23N3O5. The van der Waals surface area contributed by atoms with Crippen molar-refractivity contribution in [3.63, 3.8) is 0 Å². The first-order valence-corrected chi connectivity index (χ1v) is 9.28. The number of pyridine rings is 1. The number of fused-ring (bicyclic) bond motifs is 3. The quantitative estimate of drug-likeness (QED) is 0.782. The molecule has 0 radical (unpaired) electrons. The highest BCUT2D eigenvalue weighted by molar-refractivity contribution is 5.75. The van der Waals surface area contributed by atoms with Crippen molar-refractivity contribution in [3.05, 3.63) is 40.2 Å². The minimum atomic E-state index is -1.51. The Hall–Kier alpha value is -3.00. The van der Waals surface area contributed by atoms with Gasteiger partial charge in [0.25, 0.3) is 5.56 Å². The standard InChI is InChI=1S/C20H23N3O5/c1-22(2)14-5-7-23(11-14)13-3-4-15-16(10-13)27-8-6-12-9-17(28-20(25)26)19(24)21-18(12)15/h3-4,9-10,14H,5-8,11H2,1-2H3,(H,21,24)(H,25,26). The summed E-state index contributed by atoms with van der Waals surface area (Å²) in [6.07, 6.45) is 0.147. The maximum atomic E-state index is 12.2. The van der Waals surface area contributed by atoms with Gasteiger partial charge in [-0.1, -0.05) is 0 Å². The first-order valence-electron chi connectivity index (χ1n) is 9.28. The fraction of sp³-hybridized carbons (Fsp3) is 0.400. The molecule has 2 aliphatic heterocycles. The van der Waals surface area contributed by atoms with Gasteiger partial charge in [0.1, 0.15) is 5.75 Å². The Bertz CT molecular complexity index is 969. The van der Waals surface area contributed by atoms with E-state index in [-0.39, 0.29) is 5.75 Å². The van der Waals surface area contributed by atoms with E-state index in [1.807, 2.05) is 18.2 Å². The molecule has 1 fully saturated rings. The normalized spacial score (nSPS) is 18.2. The van der Waals surface area contributed by atoms with Crippen molar-refractivity contribution in [2.45, 2.75) is 18.9 Å². The summed E-state index contributed by atoms with van der Waals surface area (Å²) in [5, 5.41) is 8.79. The Morgan fingerprint density at radius 3 is 2.89 bits per heavy atom. The van der Waals surface area contributed by atoms with Crippen LogP contribution in [-0.2, 0) is 6.42 Å². The fourth-order valence-corrected chi connectivity index (χ4v) is 3.86. The molecule has 0 amide bonds. The number of aromatic amines is 1. The zero-order valence-electron chi connectivity index (χ0n) is 15.9. The van der Waals surface area contributed by atoms with Gasteiger partial charge >= 0.3 is 6.16 Å². The number of hydrogen-bond donors (Lipinski definition) is 2. The van der Waals surface area contributed by atoms with Crippen molar-refractivity contribution in [1.82, 2.24) is 9.88 Å². The molecule has 0 spiro atoms. The van der Waals surface area contributed by atoms with Crippen LogP contribution in [0.3, 0.4) is 0 Å². The Balaban J connectivity index is 1.68. The van der Waals surface area contributed by atoms with Gasteiger partial charge in [-0.05, 0) is 44.3 Å². The zero-order valence-corrected chi connectivity index (χ0v) is 15.9. The lowest BCUT2D eigenvalue weighted by Crippen LogP contribution is -2.31. The van der Waals surface area contributed by atoms with Crippen LogP contribution < -0.4 is 19.9 Å². The largest absolute Gasteiger partial charge is 0.511 e. The number of benzene rings is 1. The summed E-state index contributed by atoms with van der Waals surface area (Å²) in [5.41, 5.74) is 2.75. The second-order valence-corrected chi connectivity index (χ2v) is 7.36. The number of nitrogens with zero attached hydrogens (tertiary/aromatic N) is 2. The van der Waals surface area contributed by atoms with E-state index < -0.39 is 11.7 Å². The number of likely N-dealkylation sites (N-methyl/N-ethyl adjacent to an activating group) is 1. The molecule has 3 heterocycles. The molecule has 2 aromatic rings. The average Bonchev–Trinajstić information content (AvgIpc) is 3.08. The lowest BCUT2D eigenvalue weighted by Gasteiger charge is -2.22. The summed E-state index contributed by atoms with van der Waals surface area (Å²) in [4.78, 5) is 30.4. The Morgan fingerprint density at radius 2 is 2.18 bits per heavy atom. The molecule has 1 aromatic carbocycles. The van der Waals surface area contributed by atoms with Crippen LogP contribution in [0.5, 0.6) is 11.5 Å². The van der Waals surface area contributed by atoms with Gasteiger partial charge in [-0.25, -0.2) is 4.79 Å². The lowest BCUT2D eigenvalue weighted by molar-refractivity contribution is 0.143. The first kappa shape index (κ1) is 18.4. The molecule has 4 rings (SSSR count). The van der Waals surface area contributed by atoms with Crippen molar-refractivity contribution >= 4 is 11.8 Å². The second kappa shape index (κ2) is 7.20. The van der Waals surface area contributed by atoms with Gasteiger partial charge in [0.05, 0.1) is 12.3 Å². The number of ether oxygens (including phenoxy) is 2. The average molecular weight is 385 g/mol. The smallest absolute Gasteiger partial charge is 0.492 e. The van der Waals surface area contributed by atoms with Crippen LogP contribution in [0.4, 0.5) is 10.5 Å². The third-order valence-corrected chi connectivity index (χ3v) is 5.41. The zero-order chi connectivity index (χ0) is 19.8. The predicted molar refractivity (Wildman–Crippen MR) is 105 cm³/mol. The number of hydrogen-bond acceptors (Lipinski definition) is 6. The van der Waals surface area contributed by atoms with Gasteiger partial charge in [-0.2, -0.15) is 0 Å². The van der Waals surface area contributed by atoms with Gasteiger partial charge in [0.15, 0.2) is 5.75 Å². The number of aromatic nitrogens is 1. The third-order valence-electron chi connectivity index (χ3n) is 5.41. The summed E-state index contributed by atoms with van der Waals surface area (Å²) >= 11 is 0. The highest BCUT2D eigenvalue weighted by Gasteiger charge is 2.26. The van der Waals surface area contributed by atoms with E-state index in [9.17, 15) is 9.59 Å². The van der Waals surface area contributed by atoms with Crippen LogP contribution in [-0.4, -0.2) is 61.0 Å². The van der Waals surface area contributed by atoms with Gasteiger partial charge in [-0.3, -0.25) is 4.79 Å². The Morgan fingerprint density at radius 1 is 1.36 bits per heavy atom. The molecule has 8 nitrogen and oxygen atoms in total. The van der Waals surface area contributed by atoms with Crippen LogP contribution in [0, 0.1) is 0 Å². The first-order chi connectivity index (χ1) is 13.4. The molecule has 1 atom stereocenters. The summed E-state index contributed by atoms with van der Waals surface area (Å²) in [6, 6.07) is 8.02. The van der Waals surface area contributed by atoms with Gasteiger partial charge in [-0.15, -0.1) is 0 Å². The number of rotatable bonds is 3. The molecular weight excluding hydrogens is 362 g/mol. The molecule has 148 valence electrons. The molecule has 8 heteroatoms. The van der Waals surface area contributed by atoms with E-state index in [2.05, 4.69) is 33.6 Å². The number of H-pyrrole nitrogens is 1. The minimum absolute atomic E-state index is 0.224. The van der Waals surface area contributed by atoms with Crippen molar-refractivity contribution in [1.29, 1.82) is 0 Å². The van der Waals surface area contributed by atoms with Gasteiger partial charge in [0, 0.05) is 42.9 Å². The van der Waals surface area contributed by atoms with E-state index >= 15 is 0 Å². The Labute approximate surface area is 162 Å². The number of nitrogens with one attached hydrogen (secondary N) is 1. The van der Waals surface area contributed by atoms with Crippen molar-refractivity contribution in [3.8, 4) is 22.8 Å². The summed E-state index contributed by atoms with van der Waals surface area (Å²) in [5.74, 6) is 0.491. The molecule has 0 aliphatic carbocycles. The summed E-state index contributed by atoms with van der Waals surface area (Å²) < 4.78 is 10.5. The molecule has 1 unspecified atom stereocenters. The molecule has 1 saturated heterocycles. The lowest BCUT2D eigenvalue weighted by atomic mass is 10.0. The topological polar surface area (TPSA) is 95.1 Å².